The Morgan fingerprint density at radius 3 is 3.19 bits per heavy atom. The molecule has 1 atom stereocenters. The summed E-state index contributed by atoms with van der Waals surface area (Å²) in [6.07, 6.45) is 9.63. The number of hydrogen-bond acceptors (Lipinski definition) is 2. The molecular weight excluding hydrogens is 260 g/mol. The van der Waals surface area contributed by atoms with E-state index in [2.05, 4.69) is 41.7 Å². The van der Waals surface area contributed by atoms with E-state index in [1.165, 1.54) is 17.3 Å². The second-order valence-corrected chi connectivity index (χ2v) is 5.53. The van der Waals surface area contributed by atoms with E-state index >= 15 is 0 Å². The number of aromatic nitrogens is 2. The molecule has 1 heterocycles. The van der Waals surface area contributed by atoms with Crippen molar-refractivity contribution in [1.29, 1.82) is 0 Å². The number of fused-ring (bicyclic) bond motifs is 1. The maximum atomic E-state index is 11.4. The monoisotopic (exact) mass is 280 g/mol. The molecular formula is C18H20N2O. The van der Waals surface area contributed by atoms with Crippen LogP contribution in [0.5, 0.6) is 0 Å². The second-order valence-electron chi connectivity index (χ2n) is 5.53. The van der Waals surface area contributed by atoms with Crippen LogP contribution in [0.2, 0.25) is 0 Å². The predicted molar refractivity (Wildman–Crippen MR) is 89.1 cm³/mol. The molecule has 0 bridgehead atoms. The molecule has 0 saturated carbocycles. The first kappa shape index (κ1) is 13.6. The Kier molecular flexibility index (Phi) is 3.57. The molecule has 1 aromatic heterocycles. The van der Waals surface area contributed by atoms with Crippen molar-refractivity contribution in [2.24, 2.45) is 5.92 Å². The predicted octanol–water partition coefficient (Wildman–Crippen LogP) is 4.09. The number of nitrogens with zero attached hydrogens (tertiary/aromatic N) is 1. The summed E-state index contributed by atoms with van der Waals surface area (Å²) in [5.74, 6) is 0.561. The second kappa shape index (κ2) is 5.52. The highest BCUT2D eigenvalue weighted by atomic mass is 16.1. The Hall–Kier alpha value is -2.42. The van der Waals surface area contributed by atoms with Crippen LogP contribution in [-0.4, -0.2) is 9.97 Å². The van der Waals surface area contributed by atoms with Crippen molar-refractivity contribution in [2.45, 2.75) is 19.8 Å². The van der Waals surface area contributed by atoms with Crippen molar-refractivity contribution in [3.05, 3.63) is 70.7 Å². The van der Waals surface area contributed by atoms with Crippen molar-refractivity contribution in [3.8, 4) is 0 Å². The molecule has 0 radical (unpaired) electrons. The number of allylic oxidation sites excluding steroid dienone is 5. The van der Waals surface area contributed by atoms with Gasteiger partial charge in [0.1, 0.15) is 0 Å². The van der Waals surface area contributed by atoms with Crippen molar-refractivity contribution in [3.63, 3.8) is 0 Å². The van der Waals surface area contributed by atoms with Gasteiger partial charge in [-0.2, -0.15) is 0 Å². The number of aromatic amines is 1. The SMILES string of the molecule is C=CCC1=C(c2ccc3ncc(=O)[nH]c3c2)C=CC(C)C1.[HH]. The largest absolute Gasteiger partial charge is 0.319 e. The zero-order valence-electron chi connectivity index (χ0n) is 12.1. The van der Waals surface area contributed by atoms with Gasteiger partial charge in [0.15, 0.2) is 0 Å². The van der Waals surface area contributed by atoms with Crippen molar-refractivity contribution in [1.82, 2.24) is 9.97 Å². The Balaban J connectivity index is 0.00000176. The number of hydrogen-bond donors (Lipinski definition) is 1. The zero-order chi connectivity index (χ0) is 14.8. The van der Waals surface area contributed by atoms with Crippen molar-refractivity contribution >= 4 is 16.6 Å². The quantitative estimate of drug-likeness (QED) is 0.860. The molecule has 1 aliphatic rings. The minimum atomic E-state index is -0.173. The molecule has 0 amide bonds. The fourth-order valence-electron chi connectivity index (χ4n) is 2.82. The van der Waals surface area contributed by atoms with Gasteiger partial charge in [-0.15, -0.1) is 6.58 Å². The molecule has 0 saturated heterocycles. The van der Waals surface area contributed by atoms with Gasteiger partial charge in [-0.1, -0.05) is 36.8 Å². The molecule has 21 heavy (non-hydrogen) atoms. The van der Waals surface area contributed by atoms with Crippen LogP contribution in [-0.2, 0) is 0 Å². The van der Waals surface area contributed by atoms with Crippen LogP contribution in [0, 0.1) is 5.92 Å². The molecule has 3 nitrogen and oxygen atoms in total. The molecule has 1 aliphatic carbocycles. The molecule has 3 heteroatoms. The van der Waals surface area contributed by atoms with E-state index in [0.717, 1.165) is 29.4 Å². The Labute approximate surface area is 125 Å². The summed E-state index contributed by atoms with van der Waals surface area (Å²) in [5.41, 5.74) is 5.15. The topological polar surface area (TPSA) is 45.8 Å². The van der Waals surface area contributed by atoms with E-state index in [9.17, 15) is 4.79 Å². The highest BCUT2D eigenvalue weighted by molar-refractivity contribution is 5.84. The number of rotatable bonds is 3. The third-order valence-electron chi connectivity index (χ3n) is 3.82. The van der Waals surface area contributed by atoms with Crippen molar-refractivity contribution < 1.29 is 1.43 Å². The minimum Gasteiger partial charge on any atom is -0.319 e. The highest BCUT2D eigenvalue weighted by Crippen LogP contribution is 2.33. The Morgan fingerprint density at radius 2 is 2.38 bits per heavy atom. The molecule has 108 valence electrons. The van der Waals surface area contributed by atoms with E-state index in [0.29, 0.717) is 5.92 Å². The summed E-state index contributed by atoms with van der Waals surface area (Å²) in [6, 6.07) is 6.01. The van der Waals surface area contributed by atoms with Crippen LogP contribution < -0.4 is 5.56 Å². The highest BCUT2D eigenvalue weighted by Gasteiger charge is 2.14. The van der Waals surface area contributed by atoms with Crippen LogP contribution in [0.25, 0.3) is 16.6 Å². The van der Waals surface area contributed by atoms with Gasteiger partial charge in [-0.05, 0) is 42.0 Å². The van der Waals surface area contributed by atoms with Crippen LogP contribution in [0.15, 0.2) is 59.6 Å². The number of nitrogens with one attached hydrogen (secondary N) is 1. The lowest BCUT2D eigenvalue weighted by Gasteiger charge is -2.19. The Morgan fingerprint density at radius 1 is 1.52 bits per heavy atom. The number of benzene rings is 1. The van der Waals surface area contributed by atoms with Crippen LogP contribution in [0.1, 0.15) is 26.8 Å². The fraction of sp³-hybridized carbons (Fsp3) is 0.222. The molecule has 0 spiro atoms. The molecule has 1 unspecified atom stereocenters. The van der Waals surface area contributed by atoms with E-state index in [4.69, 9.17) is 0 Å². The molecule has 2 aromatic rings. The third-order valence-corrected chi connectivity index (χ3v) is 3.82. The molecule has 3 rings (SSSR count). The summed E-state index contributed by atoms with van der Waals surface area (Å²) in [6.45, 7) is 6.07. The summed E-state index contributed by atoms with van der Waals surface area (Å²) in [7, 11) is 0. The summed E-state index contributed by atoms with van der Waals surface area (Å²) in [5, 5.41) is 0. The first-order chi connectivity index (χ1) is 10.2. The van der Waals surface area contributed by atoms with Crippen molar-refractivity contribution in [2.75, 3.05) is 0 Å². The van der Waals surface area contributed by atoms with Gasteiger partial charge in [0.25, 0.3) is 5.56 Å². The molecule has 0 fully saturated rings. The lowest BCUT2D eigenvalue weighted by molar-refractivity contribution is 0.700. The first-order valence-corrected chi connectivity index (χ1v) is 7.18. The van der Waals surface area contributed by atoms with Crippen LogP contribution in [0.4, 0.5) is 0 Å². The third kappa shape index (κ3) is 2.72. The number of H-pyrrole nitrogens is 1. The normalized spacial score (nSPS) is 18.2. The van der Waals surface area contributed by atoms with Gasteiger partial charge in [0, 0.05) is 1.43 Å². The van der Waals surface area contributed by atoms with Gasteiger partial charge >= 0.3 is 0 Å². The standard InChI is InChI=1S/C18H18N2O.H2/c1-3-4-13-9-12(2)5-7-15(13)14-6-8-16-17(10-14)20-18(21)11-19-16;/h3,5-8,10-12H,1,4,9H2,2H3,(H,20,21);1H. The maximum absolute atomic E-state index is 11.4. The van der Waals surface area contributed by atoms with Crippen LogP contribution >= 0.6 is 0 Å². The van der Waals surface area contributed by atoms with Crippen LogP contribution in [0.3, 0.4) is 0 Å². The van der Waals surface area contributed by atoms with E-state index < -0.39 is 0 Å². The van der Waals surface area contributed by atoms with Gasteiger partial charge < -0.3 is 4.98 Å². The lowest BCUT2D eigenvalue weighted by atomic mass is 9.86. The fourth-order valence-corrected chi connectivity index (χ4v) is 2.82. The average Bonchev–Trinajstić information content (AvgIpc) is 2.47. The lowest BCUT2D eigenvalue weighted by Crippen LogP contribution is -2.05. The molecule has 1 N–H and O–H groups in total. The first-order valence-electron chi connectivity index (χ1n) is 7.18. The zero-order valence-corrected chi connectivity index (χ0v) is 12.1. The van der Waals surface area contributed by atoms with E-state index in [1.807, 2.05) is 18.2 Å². The smallest absolute Gasteiger partial charge is 0.266 e. The van der Waals surface area contributed by atoms with Gasteiger partial charge in [-0.25, -0.2) is 4.98 Å². The summed E-state index contributed by atoms with van der Waals surface area (Å²) in [4.78, 5) is 18.4. The Bertz CT molecular complexity index is 817. The van der Waals surface area contributed by atoms with Gasteiger partial charge in [-0.3, -0.25) is 4.79 Å². The van der Waals surface area contributed by atoms with E-state index in [1.54, 1.807) is 0 Å². The molecule has 1 aromatic carbocycles. The van der Waals surface area contributed by atoms with Gasteiger partial charge in [0.05, 0.1) is 17.2 Å². The maximum Gasteiger partial charge on any atom is 0.266 e. The van der Waals surface area contributed by atoms with Gasteiger partial charge in [0.2, 0.25) is 0 Å². The molecule has 0 aliphatic heterocycles. The minimum absolute atomic E-state index is 0. The summed E-state index contributed by atoms with van der Waals surface area (Å²) < 4.78 is 0. The van der Waals surface area contributed by atoms with E-state index in [-0.39, 0.29) is 6.99 Å². The average molecular weight is 280 g/mol. The summed E-state index contributed by atoms with van der Waals surface area (Å²) >= 11 is 0.